The molecule has 0 amide bonds. The summed E-state index contributed by atoms with van der Waals surface area (Å²) in [7, 11) is 0. The lowest BCUT2D eigenvalue weighted by molar-refractivity contribution is -0.143. The van der Waals surface area contributed by atoms with Crippen molar-refractivity contribution in [3.05, 3.63) is 23.8 Å². The van der Waals surface area contributed by atoms with Gasteiger partial charge in [-0.1, -0.05) is 6.07 Å². The molecule has 0 spiro atoms. The second-order valence-electron chi connectivity index (χ2n) is 5.03. The van der Waals surface area contributed by atoms with Crippen LogP contribution >= 0.6 is 0 Å². The number of likely N-dealkylation sites (tertiary alicyclic amines) is 1. The molecule has 1 fully saturated rings. The van der Waals surface area contributed by atoms with E-state index in [1.807, 2.05) is 6.92 Å². The average Bonchev–Trinajstić information content (AvgIpc) is 2.38. The zero-order valence-corrected chi connectivity index (χ0v) is 10.9. The maximum Gasteiger partial charge on any atom is 0.306 e. The summed E-state index contributed by atoms with van der Waals surface area (Å²) in [6.45, 7) is 3.23. The number of carbonyl (C=O) groups is 1. The minimum Gasteiger partial charge on any atom is -0.507 e. The van der Waals surface area contributed by atoms with Gasteiger partial charge in [-0.2, -0.15) is 0 Å². The fourth-order valence-electron chi connectivity index (χ4n) is 2.69. The number of carboxylic acids is 1. The third kappa shape index (κ3) is 2.81. The molecule has 0 bridgehead atoms. The first-order valence-corrected chi connectivity index (χ1v) is 6.48. The molecule has 5 heteroatoms. The molecular weight excluding hydrogens is 246 g/mol. The summed E-state index contributed by atoms with van der Waals surface area (Å²) in [5.41, 5.74) is 0.510. The second kappa shape index (κ2) is 5.48. The molecule has 1 aliphatic heterocycles. The minimum atomic E-state index is -0.738. The van der Waals surface area contributed by atoms with Crippen molar-refractivity contribution in [1.29, 1.82) is 0 Å². The number of phenolic OH excluding ortho intramolecular Hbond substituents is 2. The van der Waals surface area contributed by atoms with Crippen LogP contribution in [0.4, 0.5) is 0 Å². The Bertz CT molecular complexity index is 446. The van der Waals surface area contributed by atoms with Gasteiger partial charge in [0.05, 0.1) is 11.5 Å². The Balaban J connectivity index is 2.09. The van der Waals surface area contributed by atoms with Gasteiger partial charge >= 0.3 is 5.97 Å². The van der Waals surface area contributed by atoms with Crippen molar-refractivity contribution in [3.63, 3.8) is 0 Å². The number of aliphatic carboxylic acids is 1. The Morgan fingerprint density at radius 3 is 2.26 bits per heavy atom. The normalized spacial score (nSPS) is 19.2. The lowest BCUT2D eigenvalue weighted by atomic mass is 9.94. The molecule has 1 aromatic carbocycles. The van der Waals surface area contributed by atoms with Gasteiger partial charge in [0.15, 0.2) is 0 Å². The highest BCUT2D eigenvalue weighted by atomic mass is 16.4. The van der Waals surface area contributed by atoms with Crippen LogP contribution in [0.2, 0.25) is 0 Å². The largest absolute Gasteiger partial charge is 0.507 e. The average molecular weight is 265 g/mol. The first-order chi connectivity index (χ1) is 9.00. The van der Waals surface area contributed by atoms with E-state index in [4.69, 9.17) is 5.11 Å². The zero-order chi connectivity index (χ0) is 14.0. The van der Waals surface area contributed by atoms with Gasteiger partial charge in [0.2, 0.25) is 0 Å². The van der Waals surface area contributed by atoms with E-state index in [9.17, 15) is 15.0 Å². The smallest absolute Gasteiger partial charge is 0.306 e. The van der Waals surface area contributed by atoms with Crippen LogP contribution in [0.1, 0.15) is 31.4 Å². The quantitative estimate of drug-likeness (QED) is 0.778. The molecule has 19 heavy (non-hydrogen) atoms. The summed E-state index contributed by atoms with van der Waals surface area (Å²) in [4.78, 5) is 13.0. The van der Waals surface area contributed by atoms with Crippen LogP contribution < -0.4 is 0 Å². The molecule has 1 heterocycles. The monoisotopic (exact) mass is 265 g/mol. The standard InChI is InChI=1S/C14H19NO4/c1-9(13-11(16)3-2-4-12(13)17)15-7-5-10(6-8-15)14(18)19/h2-4,9-10,16-17H,5-8H2,1H3,(H,18,19). The fourth-order valence-corrected chi connectivity index (χ4v) is 2.69. The number of phenols is 2. The van der Waals surface area contributed by atoms with Crippen molar-refractivity contribution in [2.45, 2.75) is 25.8 Å². The van der Waals surface area contributed by atoms with E-state index in [0.29, 0.717) is 31.5 Å². The van der Waals surface area contributed by atoms with Gasteiger partial charge < -0.3 is 15.3 Å². The first-order valence-electron chi connectivity index (χ1n) is 6.48. The first kappa shape index (κ1) is 13.7. The number of carboxylic acid groups (broad SMARTS) is 1. The summed E-state index contributed by atoms with van der Waals surface area (Å²) >= 11 is 0. The molecule has 3 N–H and O–H groups in total. The van der Waals surface area contributed by atoms with Crippen LogP contribution in [-0.4, -0.2) is 39.3 Å². The van der Waals surface area contributed by atoms with Crippen molar-refractivity contribution in [3.8, 4) is 11.5 Å². The van der Waals surface area contributed by atoms with E-state index in [-0.39, 0.29) is 23.5 Å². The van der Waals surface area contributed by atoms with E-state index < -0.39 is 5.97 Å². The van der Waals surface area contributed by atoms with E-state index >= 15 is 0 Å². The number of hydrogen-bond donors (Lipinski definition) is 3. The number of benzene rings is 1. The predicted octanol–water partition coefficient (Wildman–Crippen LogP) is 1.96. The highest BCUT2D eigenvalue weighted by Gasteiger charge is 2.29. The van der Waals surface area contributed by atoms with E-state index in [2.05, 4.69) is 4.90 Å². The minimum absolute atomic E-state index is 0.0767. The van der Waals surface area contributed by atoms with E-state index in [1.165, 1.54) is 0 Å². The van der Waals surface area contributed by atoms with Crippen molar-refractivity contribution < 1.29 is 20.1 Å². The summed E-state index contributed by atoms with van der Waals surface area (Å²) in [5.74, 6) is -0.861. The Kier molecular flexibility index (Phi) is 3.95. The van der Waals surface area contributed by atoms with Crippen LogP contribution in [0, 0.1) is 5.92 Å². The second-order valence-corrected chi connectivity index (χ2v) is 5.03. The molecule has 0 aromatic heterocycles. The Hall–Kier alpha value is -1.75. The lowest BCUT2D eigenvalue weighted by Crippen LogP contribution is -2.37. The highest BCUT2D eigenvalue weighted by Crippen LogP contribution is 2.37. The van der Waals surface area contributed by atoms with Gasteiger partial charge in [0, 0.05) is 6.04 Å². The van der Waals surface area contributed by atoms with Gasteiger partial charge in [-0.15, -0.1) is 0 Å². The maximum absolute atomic E-state index is 10.9. The molecule has 0 aliphatic carbocycles. The summed E-state index contributed by atoms with van der Waals surface area (Å²) in [6, 6.07) is 4.57. The van der Waals surface area contributed by atoms with Gasteiger partial charge in [-0.25, -0.2) is 0 Å². The maximum atomic E-state index is 10.9. The Morgan fingerprint density at radius 2 is 1.79 bits per heavy atom. The fraction of sp³-hybridized carbons (Fsp3) is 0.500. The van der Waals surface area contributed by atoms with Crippen molar-refractivity contribution in [2.24, 2.45) is 5.92 Å². The van der Waals surface area contributed by atoms with Crippen LogP contribution in [0.3, 0.4) is 0 Å². The van der Waals surface area contributed by atoms with E-state index in [1.54, 1.807) is 18.2 Å². The zero-order valence-electron chi connectivity index (χ0n) is 10.9. The Labute approximate surface area is 112 Å². The van der Waals surface area contributed by atoms with Gasteiger partial charge in [0.1, 0.15) is 11.5 Å². The summed E-state index contributed by atoms with van der Waals surface area (Å²) < 4.78 is 0. The molecule has 104 valence electrons. The number of aromatic hydroxyl groups is 2. The number of hydrogen-bond acceptors (Lipinski definition) is 4. The molecule has 1 saturated heterocycles. The van der Waals surface area contributed by atoms with Gasteiger partial charge in [0.25, 0.3) is 0 Å². The highest BCUT2D eigenvalue weighted by molar-refractivity contribution is 5.70. The van der Waals surface area contributed by atoms with Crippen LogP contribution in [0.25, 0.3) is 0 Å². The third-order valence-electron chi connectivity index (χ3n) is 3.90. The number of piperidine rings is 1. The van der Waals surface area contributed by atoms with Crippen LogP contribution in [-0.2, 0) is 4.79 Å². The van der Waals surface area contributed by atoms with Crippen LogP contribution in [0.15, 0.2) is 18.2 Å². The SMILES string of the molecule is CC(c1c(O)cccc1O)N1CCC(C(=O)O)CC1. The molecular formula is C14H19NO4. The third-order valence-corrected chi connectivity index (χ3v) is 3.90. The van der Waals surface area contributed by atoms with Gasteiger partial charge in [-0.3, -0.25) is 9.69 Å². The molecule has 5 nitrogen and oxygen atoms in total. The van der Waals surface area contributed by atoms with Crippen molar-refractivity contribution in [2.75, 3.05) is 13.1 Å². The number of rotatable bonds is 3. The molecule has 1 unspecified atom stereocenters. The molecule has 0 saturated carbocycles. The molecule has 0 radical (unpaired) electrons. The lowest BCUT2D eigenvalue weighted by Gasteiger charge is -2.35. The van der Waals surface area contributed by atoms with Crippen molar-refractivity contribution in [1.82, 2.24) is 4.90 Å². The molecule has 1 aromatic rings. The van der Waals surface area contributed by atoms with E-state index in [0.717, 1.165) is 0 Å². The topological polar surface area (TPSA) is 81.0 Å². The number of nitrogens with zero attached hydrogens (tertiary/aromatic N) is 1. The summed E-state index contributed by atoms with van der Waals surface area (Å²) in [5, 5.41) is 28.7. The van der Waals surface area contributed by atoms with Gasteiger partial charge in [-0.05, 0) is 45.0 Å². The molecule has 1 aliphatic rings. The Morgan fingerprint density at radius 1 is 1.26 bits per heavy atom. The summed E-state index contributed by atoms with van der Waals surface area (Å²) in [6.07, 6.45) is 1.21. The predicted molar refractivity (Wildman–Crippen MR) is 70.1 cm³/mol. The molecule has 2 rings (SSSR count). The van der Waals surface area contributed by atoms with Crippen molar-refractivity contribution >= 4 is 5.97 Å². The van der Waals surface area contributed by atoms with Crippen LogP contribution in [0.5, 0.6) is 11.5 Å². The molecule has 1 atom stereocenters.